The van der Waals surface area contributed by atoms with Crippen molar-refractivity contribution < 1.29 is 8.42 Å². The first-order chi connectivity index (χ1) is 8.48. The highest BCUT2D eigenvalue weighted by molar-refractivity contribution is 7.90. The summed E-state index contributed by atoms with van der Waals surface area (Å²) in [4.78, 5) is 0.308. The Morgan fingerprint density at radius 3 is 1.89 bits per heavy atom. The van der Waals surface area contributed by atoms with Crippen molar-refractivity contribution in [2.45, 2.75) is 10.3 Å². The monoisotopic (exact) mass is 280 g/mol. The van der Waals surface area contributed by atoms with Crippen LogP contribution in [0.25, 0.3) is 0 Å². The van der Waals surface area contributed by atoms with Gasteiger partial charge in [0, 0.05) is 6.26 Å². The summed E-state index contributed by atoms with van der Waals surface area (Å²) in [5, 5.41) is -0.264. The summed E-state index contributed by atoms with van der Waals surface area (Å²) in [6.45, 7) is 0. The van der Waals surface area contributed by atoms with Crippen LogP contribution in [-0.2, 0) is 9.84 Å². The lowest BCUT2D eigenvalue weighted by atomic mass is 10.0. The largest absolute Gasteiger partial charge is 0.224 e. The van der Waals surface area contributed by atoms with Gasteiger partial charge in [-0.25, -0.2) is 8.42 Å². The van der Waals surface area contributed by atoms with E-state index in [4.69, 9.17) is 11.6 Å². The molecule has 2 nitrogen and oxygen atoms in total. The Labute approximate surface area is 112 Å². The molecule has 0 saturated carbocycles. The van der Waals surface area contributed by atoms with Crippen LogP contribution in [-0.4, -0.2) is 14.7 Å². The van der Waals surface area contributed by atoms with Crippen LogP contribution in [0.4, 0.5) is 0 Å². The van der Waals surface area contributed by atoms with E-state index in [1.54, 1.807) is 24.3 Å². The van der Waals surface area contributed by atoms with E-state index in [1.165, 1.54) is 6.26 Å². The first-order valence-corrected chi connectivity index (χ1v) is 7.80. The number of sulfone groups is 1. The van der Waals surface area contributed by atoms with Crippen LogP contribution in [0, 0.1) is 0 Å². The van der Waals surface area contributed by atoms with E-state index in [2.05, 4.69) is 0 Å². The Morgan fingerprint density at radius 2 is 1.39 bits per heavy atom. The lowest BCUT2D eigenvalue weighted by Crippen LogP contribution is -1.98. The third kappa shape index (κ3) is 2.92. The second-order valence-electron chi connectivity index (χ2n) is 4.11. The van der Waals surface area contributed by atoms with Crippen LogP contribution < -0.4 is 0 Å². The fourth-order valence-corrected chi connectivity index (χ4v) is 2.62. The molecule has 1 atom stereocenters. The molecule has 0 aromatic heterocycles. The molecule has 0 bridgehead atoms. The minimum absolute atomic E-state index is 0.264. The molecule has 2 rings (SSSR count). The van der Waals surface area contributed by atoms with Crippen LogP contribution in [0.15, 0.2) is 59.5 Å². The molecule has 0 aliphatic heterocycles. The van der Waals surface area contributed by atoms with Gasteiger partial charge in [-0.05, 0) is 23.3 Å². The summed E-state index contributed by atoms with van der Waals surface area (Å²) in [5.74, 6) is 0. The lowest BCUT2D eigenvalue weighted by Gasteiger charge is -2.10. The van der Waals surface area contributed by atoms with E-state index in [0.717, 1.165) is 11.1 Å². The molecule has 0 aliphatic carbocycles. The van der Waals surface area contributed by atoms with E-state index in [9.17, 15) is 8.42 Å². The standard InChI is InChI=1S/C14H13ClO2S/c1-18(16,17)13-9-7-12(8-10-13)14(15)11-5-3-2-4-6-11/h2-10,14H,1H3. The van der Waals surface area contributed by atoms with Crippen LogP contribution in [0.1, 0.15) is 16.5 Å². The van der Waals surface area contributed by atoms with Gasteiger partial charge in [0.1, 0.15) is 0 Å². The van der Waals surface area contributed by atoms with Crippen molar-refractivity contribution in [2.75, 3.05) is 6.26 Å². The molecule has 0 fully saturated rings. The molecule has 0 aliphatic rings. The normalized spacial score (nSPS) is 13.2. The second-order valence-corrected chi connectivity index (χ2v) is 6.57. The van der Waals surface area contributed by atoms with Crippen LogP contribution >= 0.6 is 11.6 Å². The fourth-order valence-electron chi connectivity index (χ4n) is 1.70. The molecule has 4 heteroatoms. The Bertz CT molecular complexity index is 619. The van der Waals surface area contributed by atoms with Crippen molar-refractivity contribution >= 4 is 21.4 Å². The molecular weight excluding hydrogens is 268 g/mol. The number of hydrogen-bond donors (Lipinski definition) is 0. The van der Waals surface area contributed by atoms with Crippen molar-refractivity contribution in [3.05, 3.63) is 65.7 Å². The quantitative estimate of drug-likeness (QED) is 0.808. The molecule has 0 heterocycles. The number of hydrogen-bond acceptors (Lipinski definition) is 2. The predicted octanol–water partition coefficient (Wildman–Crippen LogP) is 3.42. The third-order valence-corrected chi connectivity index (χ3v) is 4.33. The third-order valence-electron chi connectivity index (χ3n) is 2.69. The highest BCUT2D eigenvalue weighted by Crippen LogP contribution is 2.28. The summed E-state index contributed by atoms with van der Waals surface area (Å²) in [7, 11) is -3.15. The van der Waals surface area contributed by atoms with Crippen molar-refractivity contribution in [3.8, 4) is 0 Å². The topological polar surface area (TPSA) is 34.1 Å². The second kappa shape index (κ2) is 5.12. The lowest BCUT2D eigenvalue weighted by molar-refractivity contribution is 0.602. The molecule has 0 amide bonds. The van der Waals surface area contributed by atoms with Crippen molar-refractivity contribution in [1.29, 1.82) is 0 Å². The summed E-state index contributed by atoms with van der Waals surface area (Å²) in [5.41, 5.74) is 1.88. The van der Waals surface area contributed by atoms with Gasteiger partial charge in [0.15, 0.2) is 9.84 Å². The number of benzene rings is 2. The highest BCUT2D eigenvalue weighted by Gasteiger charge is 2.12. The van der Waals surface area contributed by atoms with Gasteiger partial charge < -0.3 is 0 Å². The Hall–Kier alpha value is -1.32. The number of rotatable bonds is 3. The summed E-state index contributed by atoms with van der Waals surface area (Å²) in [6, 6.07) is 16.4. The zero-order chi connectivity index (χ0) is 13.2. The first-order valence-electron chi connectivity index (χ1n) is 5.47. The molecule has 94 valence electrons. The maximum Gasteiger partial charge on any atom is 0.175 e. The number of halogens is 1. The van der Waals surface area contributed by atoms with Gasteiger partial charge in [-0.3, -0.25) is 0 Å². The van der Waals surface area contributed by atoms with E-state index >= 15 is 0 Å². The molecule has 2 aromatic rings. The van der Waals surface area contributed by atoms with Gasteiger partial charge in [0.05, 0.1) is 10.3 Å². The van der Waals surface area contributed by atoms with E-state index in [1.807, 2.05) is 30.3 Å². The minimum atomic E-state index is -3.15. The molecule has 18 heavy (non-hydrogen) atoms. The molecule has 0 radical (unpaired) electrons. The zero-order valence-electron chi connectivity index (χ0n) is 9.88. The van der Waals surface area contributed by atoms with Gasteiger partial charge in [-0.1, -0.05) is 42.5 Å². The van der Waals surface area contributed by atoms with Crippen LogP contribution in [0.2, 0.25) is 0 Å². The zero-order valence-corrected chi connectivity index (χ0v) is 11.4. The van der Waals surface area contributed by atoms with Gasteiger partial charge in [0.2, 0.25) is 0 Å². The van der Waals surface area contributed by atoms with Crippen molar-refractivity contribution in [2.24, 2.45) is 0 Å². The van der Waals surface area contributed by atoms with Gasteiger partial charge in [-0.15, -0.1) is 11.6 Å². The summed E-state index contributed by atoms with van der Waals surface area (Å²) in [6.07, 6.45) is 1.19. The van der Waals surface area contributed by atoms with Gasteiger partial charge in [-0.2, -0.15) is 0 Å². The van der Waals surface area contributed by atoms with Gasteiger partial charge >= 0.3 is 0 Å². The minimum Gasteiger partial charge on any atom is -0.224 e. The Balaban J connectivity index is 2.31. The fraction of sp³-hybridized carbons (Fsp3) is 0.143. The average molecular weight is 281 g/mol. The summed E-state index contributed by atoms with van der Waals surface area (Å²) < 4.78 is 22.7. The molecule has 0 N–H and O–H groups in total. The van der Waals surface area contributed by atoms with Crippen LogP contribution in [0.3, 0.4) is 0 Å². The van der Waals surface area contributed by atoms with Crippen molar-refractivity contribution in [3.63, 3.8) is 0 Å². The maximum absolute atomic E-state index is 11.4. The van der Waals surface area contributed by atoms with Gasteiger partial charge in [0.25, 0.3) is 0 Å². The van der Waals surface area contributed by atoms with E-state index < -0.39 is 9.84 Å². The van der Waals surface area contributed by atoms with E-state index in [-0.39, 0.29) is 5.38 Å². The van der Waals surface area contributed by atoms with E-state index in [0.29, 0.717) is 4.90 Å². The highest BCUT2D eigenvalue weighted by atomic mass is 35.5. The summed E-state index contributed by atoms with van der Waals surface area (Å²) >= 11 is 6.35. The molecule has 1 unspecified atom stereocenters. The number of alkyl halides is 1. The Morgan fingerprint density at radius 1 is 0.889 bits per heavy atom. The molecule has 0 spiro atoms. The maximum atomic E-state index is 11.4. The van der Waals surface area contributed by atoms with Crippen molar-refractivity contribution in [1.82, 2.24) is 0 Å². The Kier molecular flexibility index (Phi) is 3.73. The molecule has 0 saturated heterocycles. The smallest absolute Gasteiger partial charge is 0.175 e. The molecule has 2 aromatic carbocycles. The molecular formula is C14H13ClO2S. The van der Waals surface area contributed by atoms with Crippen LogP contribution in [0.5, 0.6) is 0 Å². The predicted molar refractivity (Wildman–Crippen MR) is 73.7 cm³/mol. The first kappa shape index (κ1) is 13.1. The SMILES string of the molecule is CS(=O)(=O)c1ccc(C(Cl)c2ccccc2)cc1. The average Bonchev–Trinajstić information content (AvgIpc) is 2.38.